The number of hydrogen-bond acceptors (Lipinski definition) is 4. The Morgan fingerprint density at radius 2 is 2.16 bits per heavy atom. The van der Waals surface area contributed by atoms with Gasteiger partial charge in [0.1, 0.15) is 5.76 Å². The highest BCUT2D eigenvalue weighted by molar-refractivity contribution is 6.31. The average molecular weight is 363 g/mol. The third-order valence-electron chi connectivity index (χ3n) is 5.35. The van der Waals surface area contributed by atoms with Gasteiger partial charge in [-0.25, -0.2) is 0 Å². The topological polar surface area (TPSA) is 54.5 Å². The van der Waals surface area contributed by atoms with Gasteiger partial charge in [0.2, 0.25) is 0 Å². The van der Waals surface area contributed by atoms with Gasteiger partial charge in [-0.05, 0) is 45.4 Å². The minimum Gasteiger partial charge on any atom is -0.454 e. The van der Waals surface area contributed by atoms with Crippen molar-refractivity contribution in [3.63, 3.8) is 0 Å². The van der Waals surface area contributed by atoms with E-state index in [0.29, 0.717) is 29.1 Å². The first kappa shape index (κ1) is 16.7. The lowest BCUT2D eigenvalue weighted by atomic mass is 10.1. The third kappa shape index (κ3) is 3.09. The highest BCUT2D eigenvalue weighted by Crippen LogP contribution is 2.24. The average Bonchev–Trinajstić information content (AvgIpc) is 3.31. The largest absolute Gasteiger partial charge is 0.454 e. The molecule has 0 N–H and O–H groups in total. The van der Waals surface area contributed by atoms with Crippen molar-refractivity contribution in [2.45, 2.75) is 39.3 Å². The number of aromatic nitrogens is 2. The lowest BCUT2D eigenvalue weighted by Gasteiger charge is -2.37. The highest BCUT2D eigenvalue weighted by atomic mass is 35.5. The van der Waals surface area contributed by atoms with E-state index in [1.807, 2.05) is 29.5 Å². The zero-order valence-corrected chi connectivity index (χ0v) is 15.4. The SMILES string of the molecule is Cc1nn(Cc2ccc(C(=O)N3CCN4CCC[C@H]4C3)o2)c(C)c1Cl. The number of hydrogen-bond donors (Lipinski definition) is 0. The van der Waals surface area contributed by atoms with Crippen LogP contribution < -0.4 is 0 Å². The maximum Gasteiger partial charge on any atom is 0.289 e. The lowest BCUT2D eigenvalue weighted by molar-refractivity contribution is 0.0540. The molecule has 1 atom stereocenters. The second-order valence-corrected chi connectivity index (χ2v) is 7.37. The highest BCUT2D eigenvalue weighted by Gasteiger charge is 2.33. The predicted octanol–water partition coefficient (Wildman–Crippen LogP) is 2.71. The molecule has 134 valence electrons. The summed E-state index contributed by atoms with van der Waals surface area (Å²) in [5.41, 5.74) is 1.71. The molecule has 0 spiro atoms. The smallest absolute Gasteiger partial charge is 0.289 e. The van der Waals surface area contributed by atoms with Crippen LogP contribution >= 0.6 is 11.6 Å². The zero-order chi connectivity index (χ0) is 17.6. The number of carbonyl (C=O) groups is 1. The third-order valence-corrected chi connectivity index (χ3v) is 5.89. The number of piperazine rings is 1. The molecule has 6 nitrogen and oxygen atoms in total. The van der Waals surface area contributed by atoms with Gasteiger partial charge in [-0.1, -0.05) is 11.6 Å². The van der Waals surface area contributed by atoms with Crippen molar-refractivity contribution in [1.29, 1.82) is 0 Å². The van der Waals surface area contributed by atoms with Crippen molar-refractivity contribution in [3.8, 4) is 0 Å². The first-order chi connectivity index (χ1) is 12.0. The maximum atomic E-state index is 12.7. The van der Waals surface area contributed by atoms with E-state index in [2.05, 4.69) is 10.00 Å². The van der Waals surface area contributed by atoms with E-state index in [9.17, 15) is 4.79 Å². The second kappa shape index (κ2) is 6.50. The molecule has 2 aromatic heterocycles. The van der Waals surface area contributed by atoms with E-state index in [-0.39, 0.29) is 5.91 Å². The van der Waals surface area contributed by atoms with E-state index in [0.717, 1.165) is 31.0 Å². The summed E-state index contributed by atoms with van der Waals surface area (Å²) < 4.78 is 7.62. The molecular weight excluding hydrogens is 340 g/mol. The Bertz CT molecular complexity index is 797. The fraction of sp³-hybridized carbons (Fsp3) is 0.556. The molecule has 1 amide bonds. The Balaban J connectivity index is 1.45. The lowest BCUT2D eigenvalue weighted by Crippen LogP contribution is -2.51. The summed E-state index contributed by atoms with van der Waals surface area (Å²) in [6.07, 6.45) is 2.43. The first-order valence-electron chi connectivity index (χ1n) is 8.84. The van der Waals surface area contributed by atoms with Crippen molar-refractivity contribution in [1.82, 2.24) is 19.6 Å². The van der Waals surface area contributed by atoms with Gasteiger partial charge in [-0.15, -0.1) is 0 Å². The maximum absolute atomic E-state index is 12.7. The van der Waals surface area contributed by atoms with Crippen molar-refractivity contribution < 1.29 is 9.21 Å². The van der Waals surface area contributed by atoms with Gasteiger partial charge in [-0.2, -0.15) is 5.10 Å². The molecule has 4 rings (SSSR count). The molecule has 2 aliphatic heterocycles. The van der Waals surface area contributed by atoms with E-state index in [1.165, 1.54) is 19.4 Å². The predicted molar refractivity (Wildman–Crippen MR) is 95.0 cm³/mol. The summed E-state index contributed by atoms with van der Waals surface area (Å²) in [5.74, 6) is 1.11. The summed E-state index contributed by atoms with van der Waals surface area (Å²) >= 11 is 6.19. The van der Waals surface area contributed by atoms with Crippen molar-refractivity contribution >= 4 is 17.5 Å². The number of fused-ring (bicyclic) bond motifs is 1. The molecule has 7 heteroatoms. The van der Waals surface area contributed by atoms with Crippen LogP contribution in [-0.4, -0.2) is 57.7 Å². The van der Waals surface area contributed by atoms with Crippen LogP contribution in [0.3, 0.4) is 0 Å². The van der Waals surface area contributed by atoms with Crippen molar-refractivity contribution in [2.75, 3.05) is 26.2 Å². The fourth-order valence-electron chi connectivity index (χ4n) is 3.89. The molecule has 2 aliphatic rings. The summed E-state index contributed by atoms with van der Waals surface area (Å²) in [7, 11) is 0. The minimum atomic E-state index is -0.01000. The van der Waals surface area contributed by atoms with E-state index < -0.39 is 0 Å². The number of carbonyl (C=O) groups excluding carboxylic acids is 1. The molecule has 0 saturated carbocycles. The molecule has 2 aromatic rings. The second-order valence-electron chi connectivity index (χ2n) is 6.99. The van der Waals surface area contributed by atoms with Crippen molar-refractivity contribution in [2.24, 2.45) is 0 Å². The Kier molecular flexibility index (Phi) is 4.33. The molecule has 25 heavy (non-hydrogen) atoms. The van der Waals surface area contributed by atoms with Gasteiger partial charge in [0.25, 0.3) is 5.91 Å². The van der Waals surface area contributed by atoms with Crippen LogP contribution in [0.25, 0.3) is 0 Å². The monoisotopic (exact) mass is 362 g/mol. The van der Waals surface area contributed by atoms with Gasteiger partial charge >= 0.3 is 0 Å². The Morgan fingerprint density at radius 3 is 2.92 bits per heavy atom. The molecular formula is C18H23ClN4O2. The van der Waals surface area contributed by atoms with E-state index in [1.54, 1.807) is 6.07 Å². The summed E-state index contributed by atoms with van der Waals surface area (Å²) in [5, 5.41) is 5.09. The summed E-state index contributed by atoms with van der Waals surface area (Å²) in [6, 6.07) is 4.14. The molecule has 0 aliphatic carbocycles. The van der Waals surface area contributed by atoms with Gasteiger partial charge in [-0.3, -0.25) is 14.4 Å². The Morgan fingerprint density at radius 1 is 1.32 bits per heavy atom. The Labute approximate surface area is 152 Å². The number of nitrogens with zero attached hydrogens (tertiary/aromatic N) is 4. The van der Waals surface area contributed by atoms with Crippen molar-refractivity contribution in [3.05, 3.63) is 40.1 Å². The molecule has 0 radical (unpaired) electrons. The Hall–Kier alpha value is -1.79. The van der Waals surface area contributed by atoms with Gasteiger partial charge in [0, 0.05) is 25.7 Å². The standard InChI is InChI=1S/C18H23ClN4O2/c1-12-17(19)13(2)23(20-12)11-15-5-6-16(25-15)18(24)22-9-8-21-7-3-4-14(21)10-22/h5-6,14H,3-4,7-11H2,1-2H3/t14-/m0/s1. The number of furan rings is 1. The molecule has 0 aromatic carbocycles. The molecule has 0 bridgehead atoms. The normalized spacial score (nSPS) is 20.9. The molecule has 0 unspecified atom stereocenters. The quantitative estimate of drug-likeness (QED) is 0.842. The zero-order valence-electron chi connectivity index (χ0n) is 14.7. The summed E-state index contributed by atoms with van der Waals surface area (Å²) in [6.45, 7) is 8.00. The van der Waals surface area contributed by atoms with E-state index >= 15 is 0 Å². The number of rotatable bonds is 3. The van der Waals surface area contributed by atoms with Crippen LogP contribution in [0.15, 0.2) is 16.5 Å². The molecule has 4 heterocycles. The first-order valence-corrected chi connectivity index (χ1v) is 9.22. The summed E-state index contributed by atoms with van der Waals surface area (Å²) in [4.78, 5) is 17.2. The van der Waals surface area contributed by atoms with Crippen LogP contribution in [0.1, 0.15) is 40.5 Å². The van der Waals surface area contributed by atoms with Gasteiger partial charge < -0.3 is 9.32 Å². The minimum absolute atomic E-state index is 0.01000. The van der Waals surface area contributed by atoms with Crippen LogP contribution in [0, 0.1) is 13.8 Å². The number of amides is 1. The molecule has 2 fully saturated rings. The molecule has 2 saturated heterocycles. The van der Waals surface area contributed by atoms with Gasteiger partial charge in [0.05, 0.1) is 23.0 Å². The van der Waals surface area contributed by atoms with E-state index in [4.69, 9.17) is 16.0 Å². The fourth-order valence-corrected chi connectivity index (χ4v) is 4.02. The van der Waals surface area contributed by atoms with Crippen LogP contribution in [0.5, 0.6) is 0 Å². The van der Waals surface area contributed by atoms with Gasteiger partial charge in [0.15, 0.2) is 5.76 Å². The van der Waals surface area contributed by atoms with Crippen LogP contribution in [-0.2, 0) is 6.54 Å². The number of halogens is 1. The number of aryl methyl sites for hydroxylation is 1. The van der Waals surface area contributed by atoms with Crippen LogP contribution in [0.2, 0.25) is 5.02 Å². The van der Waals surface area contributed by atoms with Crippen LogP contribution in [0.4, 0.5) is 0 Å².